The molecule has 2 atom stereocenters. The van der Waals surface area contributed by atoms with Crippen LogP contribution in [0, 0.1) is 0 Å². The Morgan fingerprint density at radius 2 is 1.76 bits per heavy atom. The molecular weight excluding hydrogens is 220 g/mol. The molecule has 0 bridgehead atoms. The Morgan fingerprint density at radius 3 is 2.35 bits per heavy atom. The molecule has 1 saturated heterocycles. The van der Waals surface area contributed by atoms with Crippen molar-refractivity contribution in [1.82, 2.24) is 0 Å². The molecule has 2 rings (SSSR count). The van der Waals surface area contributed by atoms with Crippen LogP contribution in [-0.2, 0) is 18.9 Å². The molecule has 0 radical (unpaired) electrons. The average molecular weight is 238 g/mol. The number of hydrogen-bond donors (Lipinski definition) is 0. The largest absolute Gasteiger partial charge is 0.413 e. The van der Waals surface area contributed by atoms with Gasteiger partial charge in [-0.15, -0.1) is 0 Å². The topological polar surface area (TPSA) is 36.9 Å². The van der Waals surface area contributed by atoms with Crippen molar-refractivity contribution in [2.24, 2.45) is 0 Å². The van der Waals surface area contributed by atoms with E-state index in [0.717, 1.165) is 12.0 Å². The van der Waals surface area contributed by atoms with Crippen molar-refractivity contribution in [1.29, 1.82) is 0 Å². The molecular formula is C13H18O4. The third kappa shape index (κ3) is 2.66. The SMILES string of the molecule is COC1(OC)OC(C)CC(c2ccccc2)O1. The van der Waals surface area contributed by atoms with Gasteiger partial charge < -0.3 is 14.2 Å². The van der Waals surface area contributed by atoms with Crippen LogP contribution in [0.2, 0.25) is 0 Å². The second-order valence-corrected chi connectivity index (χ2v) is 4.09. The minimum Gasteiger partial charge on any atom is -0.307 e. The standard InChI is InChI=1S/C13H18O4/c1-10-9-12(11-7-5-4-6-8-11)17-13(14-2,15-3)16-10/h4-8,10,12H,9H2,1-3H3. The first-order valence-corrected chi connectivity index (χ1v) is 5.70. The normalized spacial score (nSPS) is 27.9. The molecule has 4 heteroatoms. The Morgan fingerprint density at radius 1 is 1.12 bits per heavy atom. The van der Waals surface area contributed by atoms with Crippen LogP contribution in [0.5, 0.6) is 0 Å². The molecule has 0 saturated carbocycles. The second-order valence-electron chi connectivity index (χ2n) is 4.09. The number of ether oxygens (including phenoxy) is 4. The first kappa shape index (κ1) is 12.5. The summed E-state index contributed by atoms with van der Waals surface area (Å²) in [6, 6.07) is 10.0. The third-order valence-corrected chi connectivity index (χ3v) is 2.85. The highest BCUT2D eigenvalue weighted by atomic mass is 17.0. The fraction of sp³-hybridized carbons (Fsp3) is 0.538. The number of methoxy groups -OCH3 is 2. The number of hydrogen-bond acceptors (Lipinski definition) is 4. The van der Waals surface area contributed by atoms with E-state index in [0.29, 0.717) is 0 Å². The van der Waals surface area contributed by atoms with Gasteiger partial charge in [-0.1, -0.05) is 30.3 Å². The fourth-order valence-corrected chi connectivity index (χ4v) is 1.99. The van der Waals surface area contributed by atoms with E-state index in [-0.39, 0.29) is 12.2 Å². The molecule has 17 heavy (non-hydrogen) atoms. The van der Waals surface area contributed by atoms with Crippen LogP contribution in [-0.4, -0.2) is 26.5 Å². The van der Waals surface area contributed by atoms with E-state index in [2.05, 4.69) is 0 Å². The van der Waals surface area contributed by atoms with Crippen molar-refractivity contribution >= 4 is 0 Å². The maximum atomic E-state index is 5.76. The number of benzene rings is 1. The third-order valence-electron chi connectivity index (χ3n) is 2.85. The lowest BCUT2D eigenvalue weighted by Gasteiger charge is -2.40. The van der Waals surface area contributed by atoms with Crippen LogP contribution >= 0.6 is 0 Å². The van der Waals surface area contributed by atoms with Gasteiger partial charge in [0, 0.05) is 20.6 Å². The van der Waals surface area contributed by atoms with Crippen LogP contribution in [0.15, 0.2) is 30.3 Å². The van der Waals surface area contributed by atoms with Crippen molar-refractivity contribution in [3.63, 3.8) is 0 Å². The Hall–Kier alpha value is -0.940. The monoisotopic (exact) mass is 238 g/mol. The van der Waals surface area contributed by atoms with E-state index in [1.54, 1.807) is 0 Å². The molecule has 1 aliphatic heterocycles. The summed E-state index contributed by atoms with van der Waals surface area (Å²) in [7, 11) is 3.01. The maximum Gasteiger partial charge on any atom is 0.413 e. The smallest absolute Gasteiger partial charge is 0.307 e. The van der Waals surface area contributed by atoms with Crippen LogP contribution in [0.4, 0.5) is 0 Å². The lowest BCUT2D eigenvalue weighted by Crippen LogP contribution is -2.48. The van der Waals surface area contributed by atoms with Crippen LogP contribution in [0.3, 0.4) is 0 Å². The molecule has 2 unspecified atom stereocenters. The van der Waals surface area contributed by atoms with Crippen molar-refractivity contribution in [2.75, 3.05) is 14.2 Å². The zero-order valence-corrected chi connectivity index (χ0v) is 10.4. The second kappa shape index (κ2) is 5.14. The first-order valence-electron chi connectivity index (χ1n) is 5.70. The van der Waals surface area contributed by atoms with E-state index in [4.69, 9.17) is 18.9 Å². The van der Waals surface area contributed by atoms with E-state index < -0.39 is 6.16 Å². The summed E-state index contributed by atoms with van der Waals surface area (Å²) >= 11 is 0. The molecule has 1 heterocycles. The summed E-state index contributed by atoms with van der Waals surface area (Å²) in [5, 5.41) is 0. The van der Waals surface area contributed by atoms with Gasteiger partial charge in [0.25, 0.3) is 0 Å². The van der Waals surface area contributed by atoms with Gasteiger partial charge in [-0.25, -0.2) is 0 Å². The highest BCUT2D eigenvalue weighted by Gasteiger charge is 2.43. The highest BCUT2D eigenvalue weighted by Crippen LogP contribution is 2.36. The Labute approximate surface area is 101 Å². The zero-order chi connectivity index (χ0) is 12.3. The Kier molecular flexibility index (Phi) is 3.79. The van der Waals surface area contributed by atoms with E-state index >= 15 is 0 Å². The van der Waals surface area contributed by atoms with Crippen LogP contribution in [0.25, 0.3) is 0 Å². The molecule has 0 aliphatic carbocycles. The predicted molar refractivity (Wildman–Crippen MR) is 62.2 cm³/mol. The lowest BCUT2D eigenvalue weighted by atomic mass is 10.0. The van der Waals surface area contributed by atoms with E-state index in [9.17, 15) is 0 Å². The minimum absolute atomic E-state index is 0.00820. The Balaban J connectivity index is 2.19. The molecule has 0 amide bonds. The molecule has 4 nitrogen and oxygen atoms in total. The predicted octanol–water partition coefficient (Wildman–Crippen LogP) is 2.46. The van der Waals surface area contributed by atoms with Gasteiger partial charge in [-0.3, -0.25) is 4.74 Å². The summed E-state index contributed by atoms with van der Waals surface area (Å²) < 4.78 is 21.7. The van der Waals surface area contributed by atoms with Crippen LogP contribution < -0.4 is 0 Å². The number of rotatable bonds is 3. The first-order chi connectivity index (χ1) is 8.19. The molecule has 0 aromatic heterocycles. The van der Waals surface area contributed by atoms with Crippen molar-refractivity contribution in [3.8, 4) is 0 Å². The summed E-state index contributed by atoms with van der Waals surface area (Å²) in [6.45, 7) is 1.98. The summed E-state index contributed by atoms with van der Waals surface area (Å²) in [6.07, 6.45) is -0.690. The molecule has 94 valence electrons. The fourth-order valence-electron chi connectivity index (χ4n) is 1.99. The quantitative estimate of drug-likeness (QED) is 0.758. The van der Waals surface area contributed by atoms with E-state index in [1.807, 2.05) is 37.3 Å². The average Bonchev–Trinajstić information content (AvgIpc) is 2.39. The van der Waals surface area contributed by atoms with Crippen LogP contribution in [0.1, 0.15) is 25.0 Å². The molecule has 1 aromatic rings. The summed E-state index contributed by atoms with van der Waals surface area (Å²) in [4.78, 5) is 0. The van der Waals surface area contributed by atoms with Gasteiger partial charge in [-0.05, 0) is 12.5 Å². The van der Waals surface area contributed by atoms with Gasteiger partial charge >= 0.3 is 6.16 Å². The van der Waals surface area contributed by atoms with Gasteiger partial charge in [0.1, 0.15) is 0 Å². The Bertz CT molecular complexity index is 348. The summed E-state index contributed by atoms with van der Waals surface area (Å²) in [5.74, 6) is 0. The lowest BCUT2D eigenvalue weighted by molar-refractivity contribution is -0.524. The molecule has 1 aromatic carbocycles. The zero-order valence-electron chi connectivity index (χ0n) is 10.4. The molecule has 0 spiro atoms. The van der Waals surface area contributed by atoms with Gasteiger partial charge in [-0.2, -0.15) is 0 Å². The minimum atomic E-state index is -1.39. The van der Waals surface area contributed by atoms with E-state index in [1.165, 1.54) is 14.2 Å². The highest BCUT2D eigenvalue weighted by molar-refractivity contribution is 5.18. The van der Waals surface area contributed by atoms with Gasteiger partial charge in [0.15, 0.2) is 0 Å². The maximum absolute atomic E-state index is 5.76. The van der Waals surface area contributed by atoms with Crippen molar-refractivity contribution < 1.29 is 18.9 Å². The summed E-state index contributed by atoms with van der Waals surface area (Å²) in [5.41, 5.74) is 1.10. The molecule has 0 N–H and O–H groups in total. The molecule has 1 fully saturated rings. The molecule has 1 aliphatic rings. The van der Waals surface area contributed by atoms with Gasteiger partial charge in [0.2, 0.25) is 0 Å². The van der Waals surface area contributed by atoms with Gasteiger partial charge in [0.05, 0.1) is 12.2 Å². The van der Waals surface area contributed by atoms with Crippen molar-refractivity contribution in [3.05, 3.63) is 35.9 Å². The van der Waals surface area contributed by atoms with Crippen molar-refractivity contribution in [2.45, 2.75) is 31.7 Å².